The van der Waals surface area contributed by atoms with Crippen LogP contribution in [0, 0.1) is 17.8 Å². The van der Waals surface area contributed by atoms with E-state index in [1.54, 1.807) is 5.57 Å². The molecule has 0 aromatic rings. The predicted molar refractivity (Wildman–Crippen MR) is 70.2 cm³/mol. The van der Waals surface area contributed by atoms with Crippen molar-refractivity contribution < 1.29 is 0 Å². The summed E-state index contributed by atoms with van der Waals surface area (Å²) >= 11 is 0. The lowest BCUT2D eigenvalue weighted by atomic mass is 9.72. The summed E-state index contributed by atoms with van der Waals surface area (Å²) in [6, 6.07) is 0.340. The highest BCUT2D eigenvalue weighted by atomic mass is 14.6. The fraction of sp³-hybridized carbons (Fsp3) is 0.867. The first-order chi connectivity index (χ1) is 7.66. The van der Waals surface area contributed by atoms with Gasteiger partial charge in [0.15, 0.2) is 0 Å². The van der Waals surface area contributed by atoms with Crippen molar-refractivity contribution in [3.05, 3.63) is 11.6 Å². The van der Waals surface area contributed by atoms with Crippen LogP contribution in [0.2, 0.25) is 0 Å². The first-order valence-corrected chi connectivity index (χ1v) is 7.13. The van der Waals surface area contributed by atoms with Crippen LogP contribution in [-0.2, 0) is 0 Å². The Bertz CT molecular complexity index is 256. The quantitative estimate of drug-likeness (QED) is 0.668. The van der Waals surface area contributed by atoms with E-state index in [2.05, 4.69) is 19.9 Å². The van der Waals surface area contributed by atoms with Gasteiger partial charge in [-0.2, -0.15) is 0 Å². The zero-order valence-electron chi connectivity index (χ0n) is 10.9. The van der Waals surface area contributed by atoms with Crippen LogP contribution in [0.25, 0.3) is 0 Å². The number of allylic oxidation sites excluding steroid dienone is 1. The SMILES string of the molecule is CC1CCC(C2=CC(N)CCCC2)CC1C. The standard InChI is InChI=1S/C15H27N/c1-11-7-8-14(9-12(11)2)13-5-3-4-6-15(16)10-13/h10-12,14-15H,3-9,16H2,1-2H3. The second-order valence-corrected chi connectivity index (χ2v) is 6.12. The molecular formula is C15H27N. The van der Waals surface area contributed by atoms with Crippen LogP contribution >= 0.6 is 0 Å². The van der Waals surface area contributed by atoms with Crippen molar-refractivity contribution in [1.82, 2.24) is 0 Å². The van der Waals surface area contributed by atoms with Crippen molar-refractivity contribution in [1.29, 1.82) is 0 Å². The molecule has 0 bridgehead atoms. The van der Waals surface area contributed by atoms with Gasteiger partial charge in [0.2, 0.25) is 0 Å². The van der Waals surface area contributed by atoms with Gasteiger partial charge in [-0.25, -0.2) is 0 Å². The van der Waals surface area contributed by atoms with Crippen LogP contribution in [0.3, 0.4) is 0 Å². The van der Waals surface area contributed by atoms with Crippen LogP contribution in [0.5, 0.6) is 0 Å². The lowest BCUT2D eigenvalue weighted by Gasteiger charge is -2.33. The van der Waals surface area contributed by atoms with Gasteiger partial charge in [0.1, 0.15) is 0 Å². The monoisotopic (exact) mass is 221 g/mol. The molecule has 2 N–H and O–H groups in total. The molecule has 4 atom stereocenters. The summed E-state index contributed by atoms with van der Waals surface area (Å²) in [7, 11) is 0. The van der Waals surface area contributed by atoms with Crippen LogP contribution in [0.15, 0.2) is 11.6 Å². The average Bonchev–Trinajstić information content (AvgIpc) is 2.47. The van der Waals surface area contributed by atoms with E-state index in [4.69, 9.17) is 5.73 Å². The molecule has 1 nitrogen and oxygen atoms in total. The highest BCUT2D eigenvalue weighted by Crippen LogP contribution is 2.39. The molecule has 2 aliphatic rings. The molecule has 1 heteroatoms. The van der Waals surface area contributed by atoms with Gasteiger partial charge >= 0.3 is 0 Å². The van der Waals surface area contributed by atoms with E-state index >= 15 is 0 Å². The fourth-order valence-electron chi connectivity index (χ4n) is 3.38. The lowest BCUT2D eigenvalue weighted by Crippen LogP contribution is -2.23. The third-order valence-corrected chi connectivity index (χ3v) is 4.80. The molecule has 0 aromatic heterocycles. The Hall–Kier alpha value is -0.300. The molecule has 16 heavy (non-hydrogen) atoms. The molecule has 1 fully saturated rings. The zero-order valence-corrected chi connectivity index (χ0v) is 10.9. The van der Waals surface area contributed by atoms with Gasteiger partial charge < -0.3 is 5.73 Å². The van der Waals surface area contributed by atoms with Crippen molar-refractivity contribution in [3.8, 4) is 0 Å². The highest BCUT2D eigenvalue weighted by molar-refractivity contribution is 5.13. The minimum Gasteiger partial charge on any atom is -0.324 e. The Labute approximate surface area is 100 Å². The Balaban J connectivity index is 2.00. The van der Waals surface area contributed by atoms with Gasteiger partial charge in [-0.05, 0) is 56.3 Å². The summed E-state index contributed by atoms with van der Waals surface area (Å²) in [5, 5.41) is 0. The molecule has 0 spiro atoms. The molecule has 0 aliphatic heterocycles. The molecule has 4 unspecified atom stereocenters. The Morgan fingerprint density at radius 2 is 1.88 bits per heavy atom. The van der Waals surface area contributed by atoms with E-state index in [0.717, 1.165) is 17.8 Å². The van der Waals surface area contributed by atoms with E-state index in [1.807, 2.05) is 0 Å². The van der Waals surface area contributed by atoms with E-state index in [9.17, 15) is 0 Å². The van der Waals surface area contributed by atoms with E-state index in [0.29, 0.717) is 6.04 Å². The van der Waals surface area contributed by atoms with Crippen molar-refractivity contribution in [2.24, 2.45) is 23.5 Å². The summed E-state index contributed by atoms with van der Waals surface area (Å²) in [6.07, 6.45) is 11.8. The van der Waals surface area contributed by atoms with Gasteiger partial charge in [-0.15, -0.1) is 0 Å². The summed E-state index contributed by atoms with van der Waals surface area (Å²) in [5.41, 5.74) is 7.82. The van der Waals surface area contributed by atoms with Gasteiger partial charge in [0.25, 0.3) is 0 Å². The normalized spacial score (nSPS) is 41.3. The summed E-state index contributed by atoms with van der Waals surface area (Å²) in [5.74, 6) is 2.69. The van der Waals surface area contributed by atoms with Gasteiger partial charge in [0.05, 0.1) is 0 Å². The topological polar surface area (TPSA) is 26.0 Å². The minimum atomic E-state index is 0.340. The maximum absolute atomic E-state index is 6.12. The molecule has 0 amide bonds. The van der Waals surface area contributed by atoms with E-state index in [-0.39, 0.29) is 0 Å². The van der Waals surface area contributed by atoms with Gasteiger partial charge in [-0.1, -0.05) is 31.9 Å². The second-order valence-electron chi connectivity index (χ2n) is 6.12. The van der Waals surface area contributed by atoms with Crippen LogP contribution in [0.1, 0.15) is 58.8 Å². The Morgan fingerprint density at radius 3 is 2.62 bits per heavy atom. The maximum Gasteiger partial charge on any atom is 0.0226 e. The molecule has 92 valence electrons. The second kappa shape index (κ2) is 5.35. The molecule has 1 saturated carbocycles. The van der Waals surface area contributed by atoms with E-state index in [1.165, 1.54) is 44.9 Å². The van der Waals surface area contributed by atoms with Crippen LogP contribution in [0.4, 0.5) is 0 Å². The van der Waals surface area contributed by atoms with Crippen LogP contribution < -0.4 is 5.73 Å². The first-order valence-electron chi connectivity index (χ1n) is 7.13. The lowest BCUT2D eigenvalue weighted by molar-refractivity contribution is 0.227. The maximum atomic E-state index is 6.12. The third-order valence-electron chi connectivity index (χ3n) is 4.80. The van der Waals surface area contributed by atoms with E-state index < -0.39 is 0 Å². The number of hydrogen-bond acceptors (Lipinski definition) is 1. The number of nitrogens with two attached hydrogens (primary N) is 1. The molecular weight excluding hydrogens is 194 g/mol. The van der Waals surface area contributed by atoms with Crippen molar-refractivity contribution in [2.45, 2.75) is 64.8 Å². The predicted octanol–water partition coefficient (Wildman–Crippen LogP) is 3.89. The highest BCUT2D eigenvalue weighted by Gasteiger charge is 2.27. The number of hydrogen-bond donors (Lipinski definition) is 1. The van der Waals surface area contributed by atoms with Crippen molar-refractivity contribution in [2.75, 3.05) is 0 Å². The van der Waals surface area contributed by atoms with Gasteiger partial charge in [0, 0.05) is 6.04 Å². The average molecular weight is 221 g/mol. The number of rotatable bonds is 1. The molecule has 0 radical (unpaired) electrons. The molecule has 2 rings (SSSR count). The summed E-state index contributed by atoms with van der Waals surface area (Å²) in [4.78, 5) is 0. The van der Waals surface area contributed by atoms with Crippen molar-refractivity contribution >= 4 is 0 Å². The Morgan fingerprint density at radius 1 is 1.06 bits per heavy atom. The molecule has 2 aliphatic carbocycles. The molecule has 0 heterocycles. The largest absolute Gasteiger partial charge is 0.324 e. The molecule has 0 aromatic carbocycles. The van der Waals surface area contributed by atoms with Gasteiger partial charge in [-0.3, -0.25) is 0 Å². The summed E-state index contributed by atoms with van der Waals surface area (Å²) in [6.45, 7) is 4.84. The zero-order chi connectivity index (χ0) is 11.5. The third kappa shape index (κ3) is 2.88. The fourth-order valence-corrected chi connectivity index (χ4v) is 3.38. The summed E-state index contributed by atoms with van der Waals surface area (Å²) < 4.78 is 0. The Kier molecular flexibility index (Phi) is 4.07. The first kappa shape index (κ1) is 12.2. The molecule has 0 saturated heterocycles. The smallest absolute Gasteiger partial charge is 0.0226 e. The van der Waals surface area contributed by atoms with Crippen LogP contribution in [-0.4, -0.2) is 6.04 Å². The van der Waals surface area contributed by atoms with Crippen molar-refractivity contribution in [3.63, 3.8) is 0 Å². The minimum absolute atomic E-state index is 0.340.